The monoisotopic (exact) mass is 1350 g/mol. The van der Waals surface area contributed by atoms with E-state index in [0.717, 1.165) is 83.5 Å². The molecule has 0 bridgehead atoms. The summed E-state index contributed by atoms with van der Waals surface area (Å²) in [5, 5.41) is 120. The van der Waals surface area contributed by atoms with Gasteiger partial charge in [-0.2, -0.15) is 0 Å². The van der Waals surface area contributed by atoms with Crippen molar-refractivity contribution in [3.8, 4) is 0 Å². The van der Waals surface area contributed by atoms with Crippen molar-refractivity contribution in [3.05, 3.63) is 97.2 Å². The van der Waals surface area contributed by atoms with Crippen LogP contribution in [0.3, 0.4) is 0 Å². The molecule has 3 saturated heterocycles. The van der Waals surface area contributed by atoms with Crippen LogP contribution in [-0.2, 0) is 33.2 Å². The van der Waals surface area contributed by atoms with Gasteiger partial charge < -0.3 is 89.9 Å². The third-order valence-electron chi connectivity index (χ3n) is 17.9. The van der Waals surface area contributed by atoms with E-state index in [1.165, 1.54) is 128 Å². The summed E-state index contributed by atoms with van der Waals surface area (Å²) in [6, 6.07) is -0.990. The molecule has 95 heavy (non-hydrogen) atoms. The van der Waals surface area contributed by atoms with Gasteiger partial charge in [0.1, 0.15) is 73.2 Å². The van der Waals surface area contributed by atoms with Crippen LogP contribution in [-0.4, -0.2) is 193 Å². The van der Waals surface area contributed by atoms with Crippen molar-refractivity contribution in [2.45, 2.75) is 349 Å². The standard InChI is InChI=1S/C76H131NO18/c1-3-5-7-9-11-13-14-15-16-17-18-19-20-21-22-23-24-25-26-27-28-29-30-31-32-33-34-35-36-37-38-39-40-41-42-43-44-46-48-50-52-54-64(82)77-59(60(81)53-51-49-47-45-12-10-8-6-4-2)58-90-74-70(88)67(85)72(62(56-79)92-74)95-76-71(89)68(86)73(63(57-80)93-76)94-75-69(87)66(84)65(83)61(55-78)91-75/h5,7,11-13,15-16,18-19,21-22,24-25,45,51,53,59-63,65-76,78-81,83-89H,3-4,6,8-10,14,17,20,23,26-44,46-50,52,54-58H2,1-2H3,(H,77,82)/b7-5-,13-11-,16-15-,19-18-,22-21-,25-24-,45-12+,53-51+. The van der Waals surface area contributed by atoms with Gasteiger partial charge in [0, 0.05) is 6.42 Å². The van der Waals surface area contributed by atoms with E-state index >= 15 is 0 Å². The fraction of sp³-hybridized carbons (Fsp3) is 0.776. The maximum atomic E-state index is 13.3. The number of carbonyl (C=O) groups is 1. The van der Waals surface area contributed by atoms with Crippen LogP contribution in [0.25, 0.3) is 0 Å². The fourth-order valence-electron chi connectivity index (χ4n) is 11.9. The van der Waals surface area contributed by atoms with Gasteiger partial charge in [0.25, 0.3) is 0 Å². The lowest BCUT2D eigenvalue weighted by Crippen LogP contribution is -2.66. The molecule has 12 N–H and O–H groups in total. The highest BCUT2D eigenvalue weighted by Gasteiger charge is 2.53. The average molecular weight is 1350 g/mol. The highest BCUT2D eigenvalue weighted by atomic mass is 16.8. The zero-order valence-corrected chi connectivity index (χ0v) is 58.1. The summed E-state index contributed by atoms with van der Waals surface area (Å²) in [6.45, 7) is 1.53. The Hall–Kier alpha value is -3.29. The SMILES string of the molecule is CC/C=C\C/C=C\C/C=C\C/C=C\C/C=C\C/C=C\CCCCCCCCCCCCCCCCCCCCCCCCC(=O)NC(COC1OC(CO)C(OC2OC(CO)C(OC3OC(CO)C(O)C(O)C3O)C(O)C2O)C(O)C1O)C(O)/C=C/CC/C=C/CCCCC. The molecular formula is C76H131NO18. The van der Waals surface area contributed by atoms with Crippen LogP contribution in [0, 0.1) is 0 Å². The summed E-state index contributed by atoms with van der Waals surface area (Å²) >= 11 is 0. The predicted molar refractivity (Wildman–Crippen MR) is 374 cm³/mol. The van der Waals surface area contributed by atoms with Crippen molar-refractivity contribution in [2.75, 3.05) is 26.4 Å². The zero-order valence-electron chi connectivity index (χ0n) is 58.1. The number of allylic oxidation sites excluding steroid dienone is 15. The molecule has 19 heteroatoms. The molecule has 0 aromatic rings. The molecule has 0 aromatic carbocycles. The summed E-state index contributed by atoms with van der Waals surface area (Å²) in [7, 11) is 0. The number of amides is 1. The Morgan fingerprint density at radius 3 is 1.18 bits per heavy atom. The molecular weight excluding hydrogens is 1210 g/mol. The van der Waals surface area contributed by atoms with Gasteiger partial charge in [0.05, 0.1) is 38.6 Å². The molecule has 3 aliphatic rings. The highest BCUT2D eigenvalue weighted by molar-refractivity contribution is 5.76. The number of hydrogen-bond donors (Lipinski definition) is 12. The van der Waals surface area contributed by atoms with Crippen molar-refractivity contribution in [2.24, 2.45) is 0 Å². The Labute approximate surface area is 571 Å². The Bertz CT molecular complexity index is 2100. The molecule has 1 amide bonds. The normalized spacial score (nSPS) is 27.8. The largest absolute Gasteiger partial charge is 0.394 e. The second-order valence-corrected chi connectivity index (χ2v) is 26.0. The van der Waals surface area contributed by atoms with E-state index in [2.05, 4.69) is 104 Å². The molecule has 3 aliphatic heterocycles. The molecule has 0 aromatic heterocycles. The number of carbonyl (C=O) groups excluding carboxylic acids is 1. The number of nitrogens with one attached hydrogen (secondary N) is 1. The molecule has 19 nitrogen and oxygen atoms in total. The first-order chi connectivity index (χ1) is 46.3. The van der Waals surface area contributed by atoms with E-state index in [9.17, 15) is 61.0 Å². The van der Waals surface area contributed by atoms with Crippen LogP contribution in [0.5, 0.6) is 0 Å². The second kappa shape index (κ2) is 56.5. The van der Waals surface area contributed by atoms with Crippen LogP contribution < -0.4 is 5.32 Å². The molecule has 3 heterocycles. The molecule has 0 aliphatic carbocycles. The number of aliphatic hydroxyl groups excluding tert-OH is 11. The third-order valence-corrected chi connectivity index (χ3v) is 17.9. The van der Waals surface area contributed by atoms with Crippen LogP contribution in [0.2, 0.25) is 0 Å². The van der Waals surface area contributed by atoms with E-state index in [1.54, 1.807) is 6.08 Å². The van der Waals surface area contributed by atoms with Crippen molar-refractivity contribution >= 4 is 5.91 Å². The minimum atomic E-state index is -1.98. The summed E-state index contributed by atoms with van der Waals surface area (Å²) in [6.07, 6.45) is 48.9. The maximum Gasteiger partial charge on any atom is 0.220 e. The topological polar surface area (TPSA) is 307 Å². The van der Waals surface area contributed by atoms with Gasteiger partial charge in [-0.25, -0.2) is 0 Å². The van der Waals surface area contributed by atoms with Crippen LogP contribution in [0.1, 0.15) is 245 Å². The number of unbranched alkanes of at least 4 members (excludes halogenated alkanes) is 26. The Morgan fingerprint density at radius 1 is 0.389 bits per heavy atom. The van der Waals surface area contributed by atoms with E-state index < -0.39 is 124 Å². The summed E-state index contributed by atoms with van der Waals surface area (Å²) in [4.78, 5) is 13.3. The summed E-state index contributed by atoms with van der Waals surface area (Å²) in [5.74, 6) is -0.288. The maximum absolute atomic E-state index is 13.3. The first-order valence-corrected chi connectivity index (χ1v) is 37.0. The summed E-state index contributed by atoms with van der Waals surface area (Å²) < 4.78 is 34.2. The van der Waals surface area contributed by atoms with E-state index in [4.69, 9.17) is 28.4 Å². The lowest BCUT2D eigenvalue weighted by molar-refractivity contribution is -0.379. The first-order valence-electron chi connectivity index (χ1n) is 37.0. The van der Waals surface area contributed by atoms with Gasteiger partial charge in [0.15, 0.2) is 18.9 Å². The van der Waals surface area contributed by atoms with E-state index in [-0.39, 0.29) is 18.9 Å². The molecule has 0 spiro atoms. The molecule has 17 atom stereocenters. The van der Waals surface area contributed by atoms with Gasteiger partial charge in [0.2, 0.25) is 5.91 Å². The smallest absolute Gasteiger partial charge is 0.220 e. The lowest BCUT2D eigenvalue weighted by Gasteiger charge is -2.48. The average Bonchev–Trinajstić information content (AvgIpc) is 0.797. The van der Waals surface area contributed by atoms with Gasteiger partial charge in [-0.3, -0.25) is 4.79 Å². The van der Waals surface area contributed by atoms with Crippen molar-refractivity contribution in [1.29, 1.82) is 0 Å². The predicted octanol–water partition coefficient (Wildman–Crippen LogP) is 10.8. The minimum Gasteiger partial charge on any atom is -0.394 e. The van der Waals surface area contributed by atoms with Crippen LogP contribution in [0.4, 0.5) is 0 Å². The van der Waals surface area contributed by atoms with Gasteiger partial charge >= 0.3 is 0 Å². The fourth-order valence-corrected chi connectivity index (χ4v) is 11.9. The van der Waals surface area contributed by atoms with Crippen molar-refractivity contribution in [1.82, 2.24) is 5.32 Å². The van der Waals surface area contributed by atoms with Gasteiger partial charge in [-0.15, -0.1) is 0 Å². The third kappa shape index (κ3) is 37.6. The zero-order chi connectivity index (χ0) is 68.9. The molecule has 3 fully saturated rings. The van der Waals surface area contributed by atoms with E-state index in [0.29, 0.717) is 12.8 Å². The van der Waals surface area contributed by atoms with Crippen molar-refractivity contribution < 1.29 is 89.4 Å². The molecule has 0 radical (unpaired) electrons. The molecule has 17 unspecified atom stereocenters. The summed E-state index contributed by atoms with van der Waals surface area (Å²) in [5.41, 5.74) is 0. The Kier molecular flexibility index (Phi) is 51.1. The first kappa shape index (κ1) is 85.9. The van der Waals surface area contributed by atoms with Crippen LogP contribution in [0.15, 0.2) is 97.2 Å². The number of aliphatic hydroxyl groups is 11. The number of hydrogen-bond acceptors (Lipinski definition) is 18. The van der Waals surface area contributed by atoms with Crippen molar-refractivity contribution in [3.63, 3.8) is 0 Å². The van der Waals surface area contributed by atoms with E-state index in [1.807, 2.05) is 6.08 Å². The quantitative estimate of drug-likeness (QED) is 0.0199. The molecule has 548 valence electrons. The highest BCUT2D eigenvalue weighted by Crippen LogP contribution is 2.33. The molecule has 3 rings (SSSR count). The number of rotatable bonds is 56. The second-order valence-electron chi connectivity index (χ2n) is 26.0. The molecule has 0 saturated carbocycles. The Balaban J connectivity index is 1.25. The van der Waals surface area contributed by atoms with Crippen LogP contribution >= 0.6 is 0 Å². The Morgan fingerprint density at radius 2 is 0.737 bits per heavy atom. The number of ether oxygens (including phenoxy) is 6. The van der Waals surface area contributed by atoms with Gasteiger partial charge in [-0.1, -0.05) is 252 Å². The van der Waals surface area contributed by atoms with Gasteiger partial charge in [-0.05, 0) is 83.5 Å². The minimum absolute atomic E-state index is 0.234. The lowest BCUT2D eigenvalue weighted by atomic mass is 9.96.